The van der Waals surface area contributed by atoms with Crippen molar-refractivity contribution in [1.29, 1.82) is 0 Å². The third kappa shape index (κ3) is 6.48. The van der Waals surface area contributed by atoms with Crippen LogP contribution in [0.5, 0.6) is 0 Å². The number of carbonyl (C=O) groups excluding carboxylic acids is 1. The lowest BCUT2D eigenvalue weighted by Gasteiger charge is -2.35. The van der Waals surface area contributed by atoms with Gasteiger partial charge in [-0.25, -0.2) is 8.42 Å². The highest BCUT2D eigenvalue weighted by molar-refractivity contribution is 7.89. The Morgan fingerprint density at radius 3 is 2.41 bits per heavy atom. The third-order valence-corrected chi connectivity index (χ3v) is 8.83. The summed E-state index contributed by atoms with van der Waals surface area (Å²) in [5.41, 5.74) is 1.33. The summed E-state index contributed by atoms with van der Waals surface area (Å²) in [5.74, 6) is -0.486. The number of nitrogens with zero attached hydrogens (tertiary/aromatic N) is 4. The number of likely N-dealkylation sites (N-methyl/N-ethyl adjacent to an activating group) is 1. The zero-order valence-corrected chi connectivity index (χ0v) is 22.2. The zero-order valence-electron chi connectivity index (χ0n) is 20.6. The number of piperidine rings is 1. The number of benzene rings is 2. The van der Waals surface area contributed by atoms with Crippen molar-refractivity contribution in [1.82, 2.24) is 9.21 Å². The minimum Gasteiger partial charge on any atom is -0.367 e. The molecular weight excluding hydrogens is 518 g/mol. The summed E-state index contributed by atoms with van der Waals surface area (Å²) < 4.78 is 28.1. The van der Waals surface area contributed by atoms with Gasteiger partial charge < -0.3 is 15.1 Å². The van der Waals surface area contributed by atoms with Gasteiger partial charge in [0.15, 0.2) is 0 Å². The fourth-order valence-electron chi connectivity index (χ4n) is 4.47. The van der Waals surface area contributed by atoms with E-state index in [9.17, 15) is 23.3 Å². The molecule has 1 N–H and O–H groups in total. The second-order valence-corrected chi connectivity index (χ2v) is 11.6. The maximum absolute atomic E-state index is 13.3. The summed E-state index contributed by atoms with van der Waals surface area (Å²) in [6.07, 6.45) is 5.37. The summed E-state index contributed by atoms with van der Waals surface area (Å²) >= 11 is 5.86. The first-order chi connectivity index (χ1) is 17.6. The predicted molar refractivity (Wildman–Crippen MR) is 145 cm³/mol. The number of carbonyl (C=O) groups is 1. The number of halogens is 1. The number of hydrogen-bond donors (Lipinski definition) is 1. The van der Waals surface area contributed by atoms with E-state index in [4.69, 9.17) is 11.6 Å². The van der Waals surface area contributed by atoms with Gasteiger partial charge in [-0.05, 0) is 55.8 Å². The molecule has 2 aromatic carbocycles. The van der Waals surface area contributed by atoms with E-state index >= 15 is 0 Å². The molecule has 12 heteroatoms. The van der Waals surface area contributed by atoms with E-state index in [1.54, 1.807) is 18.2 Å². The fraction of sp³-hybridized carbons (Fsp3) is 0.400. The normalized spacial score (nSPS) is 17.7. The van der Waals surface area contributed by atoms with Gasteiger partial charge in [-0.2, -0.15) is 4.31 Å². The number of amides is 1. The maximum Gasteiger partial charge on any atom is 0.288 e. The van der Waals surface area contributed by atoms with Crippen LogP contribution in [0.3, 0.4) is 0 Å². The molecule has 2 aliphatic heterocycles. The first-order valence-electron chi connectivity index (χ1n) is 12.2. The lowest BCUT2D eigenvalue weighted by atomic mass is 10.2. The van der Waals surface area contributed by atoms with Crippen molar-refractivity contribution in [3.8, 4) is 0 Å². The highest BCUT2D eigenvalue weighted by atomic mass is 35.5. The maximum atomic E-state index is 13.3. The van der Waals surface area contributed by atoms with Crippen molar-refractivity contribution in [2.24, 2.45) is 0 Å². The van der Waals surface area contributed by atoms with Gasteiger partial charge in [0, 0.05) is 51.4 Å². The summed E-state index contributed by atoms with van der Waals surface area (Å²) in [6.45, 7) is 4.14. The van der Waals surface area contributed by atoms with Gasteiger partial charge in [-0.3, -0.25) is 14.9 Å². The monoisotopic (exact) mass is 547 g/mol. The summed E-state index contributed by atoms with van der Waals surface area (Å²) in [6, 6.07) is 9.14. The smallest absolute Gasteiger partial charge is 0.288 e. The minimum atomic E-state index is -3.69. The summed E-state index contributed by atoms with van der Waals surface area (Å²) in [7, 11) is -1.65. The van der Waals surface area contributed by atoms with Crippen LogP contribution in [0.4, 0.5) is 17.1 Å². The highest BCUT2D eigenvalue weighted by Gasteiger charge is 2.28. The second kappa shape index (κ2) is 11.6. The molecule has 37 heavy (non-hydrogen) atoms. The zero-order chi connectivity index (χ0) is 26.6. The largest absolute Gasteiger partial charge is 0.367 e. The van der Waals surface area contributed by atoms with Crippen molar-refractivity contribution >= 4 is 50.7 Å². The number of hydrogen-bond acceptors (Lipinski definition) is 7. The lowest BCUT2D eigenvalue weighted by Crippen LogP contribution is -2.44. The van der Waals surface area contributed by atoms with Gasteiger partial charge in [-0.15, -0.1) is 0 Å². The Labute approximate surface area is 221 Å². The van der Waals surface area contributed by atoms with Crippen LogP contribution in [-0.4, -0.2) is 74.8 Å². The Bertz CT molecular complexity index is 1300. The molecule has 198 valence electrons. The van der Waals surface area contributed by atoms with Crippen molar-refractivity contribution in [2.75, 3.05) is 56.5 Å². The standard InChI is InChI=1S/C25H30ClN5O5S/c1-28-13-15-29(16-14-28)23-9-7-20(37(35,36)30-11-3-2-4-12-30)18-22(23)27-25(32)10-6-19-5-8-21(26)24(17-19)31(33)34/h5-10,17-18H,2-4,11-16H2,1H3,(H,27,32)/b10-6+. The van der Waals surface area contributed by atoms with Crippen LogP contribution in [0.25, 0.3) is 6.08 Å². The van der Waals surface area contributed by atoms with Crippen LogP contribution < -0.4 is 10.2 Å². The molecule has 10 nitrogen and oxygen atoms in total. The van der Waals surface area contributed by atoms with Gasteiger partial charge in [0.2, 0.25) is 15.9 Å². The van der Waals surface area contributed by atoms with E-state index in [-0.39, 0.29) is 15.6 Å². The van der Waals surface area contributed by atoms with Crippen LogP contribution in [0, 0.1) is 10.1 Å². The van der Waals surface area contributed by atoms with Gasteiger partial charge in [-0.1, -0.05) is 24.1 Å². The number of sulfonamides is 1. The first kappa shape index (κ1) is 27.1. The molecule has 1 amide bonds. The molecule has 0 aliphatic carbocycles. The fourth-order valence-corrected chi connectivity index (χ4v) is 6.20. The molecule has 2 aliphatic rings. The van der Waals surface area contributed by atoms with Crippen LogP contribution >= 0.6 is 11.6 Å². The average molecular weight is 548 g/mol. The Balaban J connectivity index is 1.61. The molecule has 0 atom stereocenters. The van der Waals surface area contributed by atoms with E-state index in [1.165, 1.54) is 34.7 Å². The van der Waals surface area contributed by atoms with E-state index in [2.05, 4.69) is 15.1 Å². The van der Waals surface area contributed by atoms with Gasteiger partial charge >= 0.3 is 0 Å². The van der Waals surface area contributed by atoms with Crippen LogP contribution in [0.15, 0.2) is 47.4 Å². The molecule has 0 spiro atoms. The quantitative estimate of drug-likeness (QED) is 0.318. The predicted octanol–water partition coefficient (Wildman–Crippen LogP) is 3.83. The van der Waals surface area contributed by atoms with E-state index in [1.807, 2.05) is 7.05 Å². The van der Waals surface area contributed by atoms with E-state index in [0.717, 1.165) is 51.1 Å². The van der Waals surface area contributed by atoms with Gasteiger partial charge in [0.1, 0.15) is 5.02 Å². The summed E-state index contributed by atoms with van der Waals surface area (Å²) in [5, 5.41) is 14.0. The third-order valence-electron chi connectivity index (χ3n) is 6.62. The number of nitro benzene ring substituents is 1. The lowest BCUT2D eigenvalue weighted by molar-refractivity contribution is -0.384. The molecule has 0 saturated carbocycles. The topological polar surface area (TPSA) is 116 Å². The number of nitrogens with one attached hydrogen (secondary N) is 1. The Morgan fingerprint density at radius 1 is 1.03 bits per heavy atom. The number of rotatable bonds is 7. The number of anilines is 2. The van der Waals surface area contributed by atoms with E-state index < -0.39 is 20.9 Å². The van der Waals surface area contributed by atoms with E-state index in [0.29, 0.717) is 24.3 Å². The number of nitro groups is 1. The minimum absolute atomic E-state index is 0.00940. The van der Waals surface area contributed by atoms with Crippen molar-refractivity contribution in [2.45, 2.75) is 24.2 Å². The average Bonchev–Trinajstić information content (AvgIpc) is 2.89. The van der Waals surface area contributed by atoms with Crippen molar-refractivity contribution < 1.29 is 18.1 Å². The van der Waals surface area contributed by atoms with Crippen LogP contribution in [0.1, 0.15) is 24.8 Å². The Morgan fingerprint density at radius 2 is 1.73 bits per heavy atom. The molecule has 2 saturated heterocycles. The molecule has 2 aromatic rings. The van der Waals surface area contributed by atoms with Crippen LogP contribution in [0.2, 0.25) is 5.02 Å². The first-order valence-corrected chi connectivity index (χ1v) is 14.0. The van der Waals surface area contributed by atoms with Gasteiger partial charge in [0.05, 0.1) is 21.2 Å². The van der Waals surface area contributed by atoms with Crippen molar-refractivity contribution in [3.63, 3.8) is 0 Å². The molecule has 0 bridgehead atoms. The molecule has 4 rings (SSSR count). The second-order valence-electron chi connectivity index (χ2n) is 9.22. The Kier molecular flexibility index (Phi) is 8.48. The molecule has 0 aromatic heterocycles. The molecule has 0 unspecified atom stereocenters. The molecular formula is C25H30ClN5O5S. The molecule has 2 heterocycles. The SMILES string of the molecule is CN1CCN(c2ccc(S(=O)(=O)N3CCCCC3)cc2NC(=O)/C=C/c2ccc(Cl)c([N+](=O)[O-])c2)CC1. The molecule has 2 fully saturated rings. The van der Waals surface area contributed by atoms with Gasteiger partial charge in [0.25, 0.3) is 5.69 Å². The summed E-state index contributed by atoms with van der Waals surface area (Å²) in [4.78, 5) is 27.9. The number of piperazine rings is 1. The Hall–Kier alpha value is -2.99. The van der Waals surface area contributed by atoms with Crippen molar-refractivity contribution in [3.05, 3.63) is 63.2 Å². The van der Waals surface area contributed by atoms with Crippen LogP contribution in [-0.2, 0) is 14.8 Å². The molecule has 0 radical (unpaired) electrons. The highest BCUT2D eigenvalue weighted by Crippen LogP contribution is 2.32.